The van der Waals surface area contributed by atoms with E-state index in [-0.39, 0.29) is 18.3 Å². The monoisotopic (exact) mass is 386 g/mol. The van der Waals surface area contributed by atoms with Gasteiger partial charge in [0.15, 0.2) is 0 Å². The highest BCUT2D eigenvalue weighted by molar-refractivity contribution is 6.32. The zero-order valence-corrected chi connectivity index (χ0v) is 15.9. The number of para-hydroxylation sites is 2. The van der Waals surface area contributed by atoms with Crippen molar-refractivity contribution >= 4 is 23.4 Å². The third-order valence-electron chi connectivity index (χ3n) is 4.62. The summed E-state index contributed by atoms with van der Waals surface area (Å²) in [5.74, 6) is 0.0652. The van der Waals surface area contributed by atoms with Crippen LogP contribution in [0.3, 0.4) is 0 Å². The number of hydrogen-bond acceptors (Lipinski definition) is 3. The van der Waals surface area contributed by atoms with Gasteiger partial charge in [0.1, 0.15) is 18.2 Å². The molecule has 0 atom stereocenters. The van der Waals surface area contributed by atoms with Crippen molar-refractivity contribution in [2.24, 2.45) is 5.10 Å². The van der Waals surface area contributed by atoms with E-state index in [4.69, 9.17) is 4.74 Å². The van der Waals surface area contributed by atoms with Crippen LogP contribution in [0.2, 0.25) is 0 Å². The van der Waals surface area contributed by atoms with Crippen LogP contribution >= 0.6 is 0 Å². The van der Waals surface area contributed by atoms with E-state index in [2.05, 4.69) is 5.10 Å². The molecule has 1 aliphatic heterocycles. The Balaban J connectivity index is 1.60. The van der Waals surface area contributed by atoms with Crippen LogP contribution in [-0.4, -0.2) is 11.6 Å². The summed E-state index contributed by atoms with van der Waals surface area (Å²) < 4.78 is 19.7. The molecule has 144 valence electrons. The number of rotatable bonds is 5. The Morgan fingerprint density at radius 1 is 0.966 bits per heavy atom. The van der Waals surface area contributed by atoms with Gasteiger partial charge < -0.3 is 4.74 Å². The standard InChI is InChI=1S/C24H19FN2O2/c1-17-21(24(28)27(26-17)20-11-3-2-4-12-20)15-18-9-6-8-14-23(18)29-16-19-10-5-7-13-22(19)25/h2-15H,16H2,1H3/b21-15-. The first-order chi connectivity index (χ1) is 14.1. The van der Waals surface area contributed by atoms with Gasteiger partial charge in [-0.25, -0.2) is 4.39 Å². The van der Waals surface area contributed by atoms with E-state index in [9.17, 15) is 9.18 Å². The summed E-state index contributed by atoms with van der Waals surface area (Å²) in [6.07, 6.45) is 1.76. The Bertz CT molecular complexity index is 1110. The molecule has 3 aromatic carbocycles. The third kappa shape index (κ3) is 3.94. The number of halogens is 1. The Morgan fingerprint density at radius 3 is 2.45 bits per heavy atom. The van der Waals surface area contributed by atoms with Gasteiger partial charge in [0.25, 0.3) is 5.91 Å². The molecule has 0 radical (unpaired) electrons. The molecule has 4 nitrogen and oxygen atoms in total. The topological polar surface area (TPSA) is 41.9 Å². The van der Waals surface area contributed by atoms with Gasteiger partial charge in [0.05, 0.1) is 17.0 Å². The maximum absolute atomic E-state index is 13.9. The van der Waals surface area contributed by atoms with Gasteiger partial charge in [-0.2, -0.15) is 10.1 Å². The predicted octanol–water partition coefficient (Wildman–Crippen LogP) is 5.21. The minimum Gasteiger partial charge on any atom is -0.488 e. The van der Waals surface area contributed by atoms with E-state index in [0.29, 0.717) is 28.3 Å². The highest BCUT2D eigenvalue weighted by Gasteiger charge is 2.28. The van der Waals surface area contributed by atoms with Crippen LogP contribution in [0.25, 0.3) is 6.08 Å². The maximum atomic E-state index is 13.9. The number of nitrogens with zero attached hydrogens (tertiary/aromatic N) is 2. The second kappa shape index (κ2) is 8.10. The molecule has 0 aliphatic carbocycles. The summed E-state index contributed by atoms with van der Waals surface area (Å²) >= 11 is 0. The average molecular weight is 386 g/mol. The lowest BCUT2D eigenvalue weighted by Gasteiger charge is -2.12. The second-order valence-electron chi connectivity index (χ2n) is 6.61. The molecule has 1 heterocycles. The van der Waals surface area contributed by atoms with E-state index in [1.54, 1.807) is 37.3 Å². The summed E-state index contributed by atoms with van der Waals surface area (Å²) in [7, 11) is 0. The first kappa shape index (κ1) is 18.6. The van der Waals surface area contributed by atoms with Gasteiger partial charge >= 0.3 is 0 Å². The molecule has 5 heteroatoms. The molecule has 29 heavy (non-hydrogen) atoms. The summed E-state index contributed by atoms with van der Waals surface area (Å²) in [5.41, 5.74) is 3.04. The zero-order chi connectivity index (χ0) is 20.2. The lowest BCUT2D eigenvalue weighted by Crippen LogP contribution is -2.21. The van der Waals surface area contributed by atoms with E-state index < -0.39 is 0 Å². The molecular formula is C24H19FN2O2. The number of carbonyl (C=O) groups excluding carboxylic acids is 1. The SMILES string of the molecule is CC1=NN(c2ccccc2)C(=O)/C1=C\c1ccccc1OCc1ccccc1F. The molecule has 4 rings (SSSR count). The minimum absolute atomic E-state index is 0.101. The van der Waals surface area contributed by atoms with E-state index >= 15 is 0 Å². The zero-order valence-electron chi connectivity index (χ0n) is 15.9. The Hall–Kier alpha value is -3.73. The molecule has 0 unspecified atom stereocenters. The van der Waals surface area contributed by atoms with Crippen LogP contribution in [0.4, 0.5) is 10.1 Å². The van der Waals surface area contributed by atoms with Crippen molar-refractivity contribution in [3.05, 3.63) is 101 Å². The Morgan fingerprint density at radius 2 is 1.66 bits per heavy atom. The highest BCUT2D eigenvalue weighted by Crippen LogP contribution is 2.28. The smallest absolute Gasteiger partial charge is 0.280 e. The fourth-order valence-corrected chi connectivity index (χ4v) is 3.09. The first-order valence-corrected chi connectivity index (χ1v) is 9.25. The van der Waals surface area contributed by atoms with Crippen LogP contribution in [0.5, 0.6) is 5.75 Å². The van der Waals surface area contributed by atoms with Crippen LogP contribution in [0.15, 0.2) is 89.5 Å². The van der Waals surface area contributed by atoms with Gasteiger partial charge in [-0.15, -0.1) is 0 Å². The summed E-state index contributed by atoms with van der Waals surface area (Å²) in [4.78, 5) is 12.9. The minimum atomic E-state index is -0.309. The average Bonchev–Trinajstić information content (AvgIpc) is 3.03. The van der Waals surface area contributed by atoms with Crippen molar-refractivity contribution in [1.82, 2.24) is 0 Å². The lowest BCUT2D eigenvalue weighted by molar-refractivity contribution is -0.114. The Labute approximate surface area is 168 Å². The van der Waals surface area contributed by atoms with Crippen molar-refractivity contribution in [3.63, 3.8) is 0 Å². The van der Waals surface area contributed by atoms with Crippen molar-refractivity contribution in [1.29, 1.82) is 0 Å². The maximum Gasteiger partial charge on any atom is 0.280 e. The highest BCUT2D eigenvalue weighted by atomic mass is 19.1. The predicted molar refractivity (Wildman–Crippen MR) is 112 cm³/mol. The van der Waals surface area contributed by atoms with E-state index in [1.807, 2.05) is 48.5 Å². The molecule has 0 fully saturated rings. The summed E-state index contributed by atoms with van der Waals surface area (Å²) in [6.45, 7) is 1.90. The van der Waals surface area contributed by atoms with Crippen LogP contribution < -0.4 is 9.75 Å². The number of amides is 1. The summed E-state index contributed by atoms with van der Waals surface area (Å²) in [5, 5.41) is 5.79. The van der Waals surface area contributed by atoms with E-state index in [0.717, 1.165) is 5.56 Å². The first-order valence-electron chi connectivity index (χ1n) is 9.25. The normalized spacial score (nSPS) is 15.0. The second-order valence-corrected chi connectivity index (χ2v) is 6.61. The number of hydrogen-bond donors (Lipinski definition) is 0. The van der Waals surface area contributed by atoms with Gasteiger partial charge in [0.2, 0.25) is 0 Å². The molecule has 1 aliphatic rings. The molecule has 0 saturated heterocycles. The fraction of sp³-hybridized carbons (Fsp3) is 0.0833. The number of carbonyl (C=O) groups is 1. The largest absolute Gasteiger partial charge is 0.488 e. The quantitative estimate of drug-likeness (QED) is 0.565. The third-order valence-corrected chi connectivity index (χ3v) is 4.62. The van der Waals surface area contributed by atoms with Crippen molar-refractivity contribution in [3.8, 4) is 5.75 Å². The lowest BCUT2D eigenvalue weighted by atomic mass is 10.1. The van der Waals surface area contributed by atoms with E-state index in [1.165, 1.54) is 11.1 Å². The molecule has 3 aromatic rings. The van der Waals surface area contributed by atoms with Crippen molar-refractivity contribution in [2.75, 3.05) is 5.01 Å². The number of anilines is 1. The van der Waals surface area contributed by atoms with Gasteiger partial charge in [-0.1, -0.05) is 54.6 Å². The van der Waals surface area contributed by atoms with Crippen LogP contribution in [0, 0.1) is 5.82 Å². The van der Waals surface area contributed by atoms with Crippen LogP contribution in [0.1, 0.15) is 18.1 Å². The number of benzene rings is 3. The molecule has 0 aromatic heterocycles. The number of hydrazone groups is 1. The molecular weight excluding hydrogens is 367 g/mol. The molecule has 0 bridgehead atoms. The molecule has 1 amide bonds. The van der Waals surface area contributed by atoms with Gasteiger partial charge in [-0.05, 0) is 37.3 Å². The van der Waals surface area contributed by atoms with Crippen molar-refractivity contribution < 1.29 is 13.9 Å². The molecule has 0 N–H and O–H groups in total. The van der Waals surface area contributed by atoms with Gasteiger partial charge in [-0.3, -0.25) is 4.79 Å². The number of ether oxygens (including phenoxy) is 1. The fourth-order valence-electron chi connectivity index (χ4n) is 3.09. The van der Waals surface area contributed by atoms with Crippen molar-refractivity contribution in [2.45, 2.75) is 13.5 Å². The summed E-state index contributed by atoms with van der Waals surface area (Å²) in [6, 6.07) is 23.1. The molecule has 0 spiro atoms. The Kier molecular flexibility index (Phi) is 5.20. The molecule has 0 saturated carbocycles. The van der Waals surface area contributed by atoms with Gasteiger partial charge in [0, 0.05) is 11.1 Å². The van der Waals surface area contributed by atoms with Crippen LogP contribution in [-0.2, 0) is 11.4 Å².